The molecule has 1 aliphatic heterocycles. The molecule has 23 heavy (non-hydrogen) atoms. The van der Waals surface area contributed by atoms with Crippen molar-refractivity contribution in [3.8, 4) is 0 Å². The number of fused-ring (bicyclic) bond motifs is 1. The van der Waals surface area contributed by atoms with E-state index in [-0.39, 0.29) is 23.6 Å². The van der Waals surface area contributed by atoms with Gasteiger partial charge in [0.15, 0.2) is 5.58 Å². The quantitative estimate of drug-likeness (QED) is 0.735. The number of nitrogens with zero attached hydrogens (tertiary/aromatic N) is 3. The van der Waals surface area contributed by atoms with Gasteiger partial charge in [-0.25, -0.2) is 13.2 Å². The SMILES string of the molecule is CCn1c(=O)oc2cc(S(=O)(=O)N3CCN(C=O)CC3)ccc21. The first-order valence-electron chi connectivity index (χ1n) is 7.30. The standard InChI is InChI=1S/C14H17N3O5S/c1-2-17-12-4-3-11(9-13(12)22-14(17)19)23(20,21)16-7-5-15(10-18)6-8-16/h3-4,9-10H,2,5-8H2,1H3. The third-order valence-electron chi connectivity index (χ3n) is 4.02. The van der Waals surface area contributed by atoms with Gasteiger partial charge in [0.2, 0.25) is 16.4 Å². The Hall–Kier alpha value is -2.13. The van der Waals surface area contributed by atoms with Gasteiger partial charge in [-0.2, -0.15) is 4.31 Å². The molecule has 0 aliphatic carbocycles. The van der Waals surface area contributed by atoms with Crippen LogP contribution >= 0.6 is 0 Å². The minimum Gasteiger partial charge on any atom is -0.408 e. The predicted molar refractivity (Wildman–Crippen MR) is 82.5 cm³/mol. The van der Waals surface area contributed by atoms with E-state index in [0.717, 1.165) is 6.41 Å². The molecule has 1 fully saturated rings. The van der Waals surface area contributed by atoms with Crippen LogP contribution in [-0.4, -0.2) is 54.8 Å². The summed E-state index contributed by atoms with van der Waals surface area (Å²) in [6.45, 7) is 3.50. The van der Waals surface area contributed by atoms with Gasteiger partial charge in [-0.05, 0) is 19.1 Å². The van der Waals surface area contributed by atoms with E-state index in [1.807, 2.05) is 6.92 Å². The number of hydrogen-bond acceptors (Lipinski definition) is 5. The van der Waals surface area contributed by atoms with Crippen LogP contribution in [0.2, 0.25) is 0 Å². The second kappa shape index (κ2) is 5.82. The first kappa shape index (κ1) is 15.8. The third-order valence-corrected chi connectivity index (χ3v) is 5.91. The van der Waals surface area contributed by atoms with Crippen LogP contribution in [0.1, 0.15) is 6.92 Å². The first-order valence-corrected chi connectivity index (χ1v) is 8.74. The molecule has 0 saturated carbocycles. The molecule has 1 aromatic carbocycles. The van der Waals surface area contributed by atoms with Gasteiger partial charge in [-0.1, -0.05) is 0 Å². The normalized spacial score (nSPS) is 16.8. The summed E-state index contributed by atoms with van der Waals surface area (Å²) in [6, 6.07) is 4.44. The van der Waals surface area contributed by atoms with Crippen LogP contribution in [0.15, 0.2) is 32.3 Å². The highest BCUT2D eigenvalue weighted by molar-refractivity contribution is 7.89. The molecule has 0 N–H and O–H groups in total. The van der Waals surface area contributed by atoms with Gasteiger partial charge >= 0.3 is 5.76 Å². The summed E-state index contributed by atoms with van der Waals surface area (Å²) in [6.07, 6.45) is 0.720. The number of benzene rings is 1. The zero-order chi connectivity index (χ0) is 16.6. The molecule has 0 unspecified atom stereocenters. The summed E-state index contributed by atoms with van der Waals surface area (Å²) in [5.41, 5.74) is 0.826. The lowest BCUT2D eigenvalue weighted by molar-refractivity contribution is -0.119. The van der Waals surface area contributed by atoms with Crippen LogP contribution in [0.5, 0.6) is 0 Å². The predicted octanol–water partition coefficient (Wildman–Crippen LogP) is 0.0771. The molecule has 0 bridgehead atoms. The van der Waals surface area contributed by atoms with E-state index < -0.39 is 15.8 Å². The van der Waals surface area contributed by atoms with Crippen molar-refractivity contribution in [1.29, 1.82) is 0 Å². The maximum atomic E-state index is 12.7. The van der Waals surface area contributed by atoms with E-state index >= 15 is 0 Å². The summed E-state index contributed by atoms with van der Waals surface area (Å²) >= 11 is 0. The maximum Gasteiger partial charge on any atom is 0.419 e. The number of hydrogen-bond donors (Lipinski definition) is 0. The number of aryl methyl sites for hydroxylation is 1. The molecule has 3 rings (SSSR count). The molecule has 1 aromatic heterocycles. The number of sulfonamides is 1. The molecule has 8 nitrogen and oxygen atoms in total. The van der Waals surface area contributed by atoms with Crippen molar-refractivity contribution in [3.05, 3.63) is 28.7 Å². The molecule has 9 heteroatoms. The molecular formula is C14H17N3O5S. The summed E-state index contributed by atoms with van der Waals surface area (Å²) < 4.78 is 33.3. The fourth-order valence-electron chi connectivity index (χ4n) is 2.71. The van der Waals surface area contributed by atoms with Crippen molar-refractivity contribution < 1.29 is 17.6 Å². The Morgan fingerprint density at radius 3 is 2.52 bits per heavy atom. The highest BCUT2D eigenvalue weighted by atomic mass is 32.2. The Kier molecular flexibility index (Phi) is 3.99. The van der Waals surface area contributed by atoms with Gasteiger partial charge in [0.1, 0.15) is 0 Å². The summed E-state index contributed by atoms with van der Waals surface area (Å²) in [7, 11) is -3.68. The van der Waals surface area contributed by atoms with E-state index in [9.17, 15) is 18.0 Å². The lowest BCUT2D eigenvalue weighted by Gasteiger charge is -2.31. The van der Waals surface area contributed by atoms with Gasteiger partial charge in [-0.15, -0.1) is 0 Å². The third kappa shape index (κ3) is 2.66. The molecular weight excluding hydrogens is 322 g/mol. The lowest BCUT2D eigenvalue weighted by Crippen LogP contribution is -2.47. The van der Waals surface area contributed by atoms with E-state index in [0.29, 0.717) is 25.2 Å². The highest BCUT2D eigenvalue weighted by Crippen LogP contribution is 2.22. The largest absolute Gasteiger partial charge is 0.419 e. The van der Waals surface area contributed by atoms with Crippen molar-refractivity contribution in [2.24, 2.45) is 0 Å². The molecule has 124 valence electrons. The molecule has 1 amide bonds. The molecule has 0 radical (unpaired) electrons. The Bertz CT molecular complexity index is 891. The summed E-state index contributed by atoms with van der Waals surface area (Å²) in [5, 5.41) is 0. The van der Waals surface area contributed by atoms with E-state index in [4.69, 9.17) is 4.42 Å². The van der Waals surface area contributed by atoms with Crippen LogP contribution in [0.3, 0.4) is 0 Å². The monoisotopic (exact) mass is 339 g/mol. The number of carbonyl (C=O) groups is 1. The minimum absolute atomic E-state index is 0.0848. The Morgan fingerprint density at radius 1 is 1.22 bits per heavy atom. The van der Waals surface area contributed by atoms with Crippen molar-refractivity contribution in [3.63, 3.8) is 0 Å². The Balaban J connectivity index is 1.96. The number of oxazole rings is 1. The zero-order valence-electron chi connectivity index (χ0n) is 12.6. The zero-order valence-corrected chi connectivity index (χ0v) is 13.5. The second-order valence-corrected chi connectivity index (χ2v) is 7.23. The Morgan fingerprint density at radius 2 is 1.91 bits per heavy atom. The van der Waals surface area contributed by atoms with E-state index in [1.165, 1.54) is 25.9 Å². The topological polar surface area (TPSA) is 92.8 Å². The van der Waals surface area contributed by atoms with Gasteiger partial charge in [0.25, 0.3) is 0 Å². The average molecular weight is 339 g/mol. The number of carbonyl (C=O) groups excluding carboxylic acids is 1. The highest BCUT2D eigenvalue weighted by Gasteiger charge is 2.28. The number of aromatic nitrogens is 1. The fraction of sp³-hybridized carbons (Fsp3) is 0.429. The Labute approximate surface area is 132 Å². The van der Waals surface area contributed by atoms with Crippen LogP contribution < -0.4 is 5.76 Å². The minimum atomic E-state index is -3.68. The first-order chi connectivity index (χ1) is 11.0. The number of rotatable bonds is 4. The van der Waals surface area contributed by atoms with E-state index in [2.05, 4.69) is 0 Å². The van der Waals surface area contributed by atoms with Crippen molar-refractivity contribution in [2.45, 2.75) is 18.4 Å². The molecule has 2 heterocycles. The second-order valence-electron chi connectivity index (χ2n) is 5.29. The van der Waals surface area contributed by atoms with Gasteiger partial charge in [0.05, 0.1) is 10.4 Å². The number of piperazine rings is 1. The molecule has 1 saturated heterocycles. The van der Waals surface area contributed by atoms with Crippen LogP contribution in [0.25, 0.3) is 11.1 Å². The van der Waals surface area contributed by atoms with Crippen molar-refractivity contribution in [1.82, 2.24) is 13.8 Å². The summed E-state index contributed by atoms with van der Waals surface area (Å²) in [5.74, 6) is -0.503. The van der Waals surface area contributed by atoms with Crippen LogP contribution in [-0.2, 0) is 21.4 Å². The van der Waals surface area contributed by atoms with Crippen molar-refractivity contribution >= 4 is 27.5 Å². The maximum absolute atomic E-state index is 12.7. The molecule has 2 aromatic rings. The smallest absolute Gasteiger partial charge is 0.408 e. The average Bonchev–Trinajstić information content (AvgIpc) is 2.88. The van der Waals surface area contributed by atoms with Gasteiger partial charge in [-0.3, -0.25) is 9.36 Å². The van der Waals surface area contributed by atoms with E-state index in [1.54, 1.807) is 6.07 Å². The van der Waals surface area contributed by atoms with Crippen LogP contribution in [0.4, 0.5) is 0 Å². The van der Waals surface area contributed by atoms with Gasteiger partial charge in [0, 0.05) is 38.8 Å². The number of amides is 1. The molecule has 0 atom stereocenters. The van der Waals surface area contributed by atoms with Gasteiger partial charge < -0.3 is 9.32 Å². The van der Waals surface area contributed by atoms with Crippen molar-refractivity contribution in [2.75, 3.05) is 26.2 Å². The van der Waals surface area contributed by atoms with Crippen LogP contribution in [0, 0.1) is 0 Å². The summed E-state index contributed by atoms with van der Waals surface area (Å²) in [4.78, 5) is 24.0. The molecule has 0 spiro atoms. The molecule has 1 aliphatic rings. The fourth-order valence-corrected chi connectivity index (χ4v) is 4.14. The lowest BCUT2D eigenvalue weighted by atomic mass is 10.3.